The number of nitrogens with two attached hydrogens (primary N) is 2. The smallest absolute Gasteiger partial charge is 0.330 e. The summed E-state index contributed by atoms with van der Waals surface area (Å²) >= 11 is 14.1. The van der Waals surface area contributed by atoms with E-state index < -0.39 is 237 Å². The molecule has 2 saturated heterocycles. The number of carboxylic acids is 1. The summed E-state index contributed by atoms with van der Waals surface area (Å²) in [6.07, 6.45) is -18.6. The number of aromatic hydroxyl groups is 3. The van der Waals surface area contributed by atoms with E-state index in [1.54, 1.807) is 0 Å². The van der Waals surface area contributed by atoms with Gasteiger partial charge in [0.15, 0.2) is 29.9 Å². The first kappa shape index (κ1) is 74.5. The van der Waals surface area contributed by atoms with Crippen LogP contribution in [0, 0.1) is 5.92 Å². The molecule has 35 heteroatoms. The van der Waals surface area contributed by atoms with Crippen molar-refractivity contribution in [2.24, 2.45) is 17.4 Å². The number of primary amides is 1. The molecule has 0 aromatic heterocycles. The summed E-state index contributed by atoms with van der Waals surface area (Å²) in [4.78, 5) is 117. The zero-order chi connectivity index (χ0) is 73.5. The maximum absolute atomic E-state index is 16.0. The van der Waals surface area contributed by atoms with Gasteiger partial charge in [-0.2, -0.15) is 0 Å². The second-order valence-corrected chi connectivity index (χ2v) is 26.5. The van der Waals surface area contributed by atoms with Crippen LogP contribution in [0.1, 0.15) is 105 Å². The van der Waals surface area contributed by atoms with Crippen LogP contribution in [0.5, 0.6) is 46.0 Å². The first-order chi connectivity index (χ1) is 47.7. The molecule has 5 aromatic rings. The number of fused-ring (bicyclic) bond motifs is 15. The molecule has 12 rings (SSSR count). The van der Waals surface area contributed by atoms with E-state index in [2.05, 4.69) is 37.2 Å². The highest BCUT2D eigenvalue weighted by Crippen LogP contribution is 2.50. The Bertz CT molecular complexity index is 4070. The van der Waals surface area contributed by atoms with E-state index in [-0.39, 0.29) is 46.2 Å². The van der Waals surface area contributed by atoms with Crippen molar-refractivity contribution in [3.63, 3.8) is 0 Å². The van der Waals surface area contributed by atoms with Crippen LogP contribution in [0.4, 0.5) is 0 Å². The maximum Gasteiger partial charge on any atom is 0.330 e. The molecule has 21 N–H and O–H groups in total. The fourth-order valence-corrected chi connectivity index (χ4v) is 12.9. The van der Waals surface area contributed by atoms with Gasteiger partial charge in [0.1, 0.15) is 89.5 Å². The third kappa shape index (κ3) is 15.8. The average molecular weight is 1450 g/mol. The van der Waals surface area contributed by atoms with Gasteiger partial charge in [0.05, 0.1) is 41.3 Å². The Labute approximate surface area is 584 Å². The Balaban J connectivity index is 1.24. The standard InChI is InChI=1S/C66H75Cl2N9O24/c1-23(2)12-34(71-5)58(88)76-49-51(83)26-7-10-38(32(67)14-26)97-40-16-28-17-41(55(40)101-65-56(54(86)53(85)42(22-78)99-65)100-44-21-66(4,70)57(87)24(3)96-44)98-39-11-8-27(15-33(39)68)52(84)50-63(93)75-48(64(94)95)31-18-29(79)19-37(81)45(31)30-13-25(6-9-36(30)80)46(60(90)77-50)74-61(91)47(28)73-59(89)35(20-43(69)82)72-62(49)92/h6-11,13-19,23-24,34-35,42,44,46-54,56-57,65,71,78-81,83-87H,12,20-22,70H2,1-5H3,(H2,69,82)(H,72,92)(H,73,89)(H,74,91)(H,75,93)(H,76,88)(H,77,90)(H,94,95)/t24-,34+,35-,42+,44-,46?,47?,48-,49-,50?,51+,52+,53+,54-,56+,57+,65-,66-/m0/s1. The van der Waals surface area contributed by atoms with Gasteiger partial charge in [-0.05, 0) is 110 Å². The molecule has 7 amide bonds. The van der Waals surface area contributed by atoms with Gasteiger partial charge in [-0.3, -0.25) is 33.6 Å². The molecule has 5 aromatic carbocycles. The molecular weight excluding hydrogens is 1370 g/mol. The van der Waals surface area contributed by atoms with Crippen LogP contribution >= 0.6 is 23.2 Å². The zero-order valence-corrected chi connectivity index (χ0v) is 55.8. The minimum absolute atomic E-state index is 0.0975. The molecule has 7 heterocycles. The van der Waals surface area contributed by atoms with Gasteiger partial charge in [0, 0.05) is 34.7 Å². The molecule has 7 aliphatic heterocycles. The number of aliphatic hydroxyl groups is 6. The van der Waals surface area contributed by atoms with Gasteiger partial charge in [-0.25, -0.2) is 4.79 Å². The van der Waals surface area contributed by atoms with Crippen molar-refractivity contribution in [2.75, 3.05) is 13.7 Å². The van der Waals surface area contributed by atoms with E-state index in [0.717, 1.165) is 66.7 Å². The summed E-state index contributed by atoms with van der Waals surface area (Å²) in [5.41, 5.74) is 8.00. The van der Waals surface area contributed by atoms with Crippen molar-refractivity contribution in [1.29, 1.82) is 0 Å². The minimum Gasteiger partial charge on any atom is -0.508 e. The van der Waals surface area contributed by atoms with Crippen LogP contribution in [0.15, 0.2) is 78.9 Å². The second-order valence-electron chi connectivity index (χ2n) is 25.7. The first-order valence-electron chi connectivity index (χ1n) is 31.6. The Morgan fingerprint density at radius 2 is 1.32 bits per heavy atom. The number of benzene rings is 5. The molecule has 33 nitrogen and oxygen atoms in total. The quantitative estimate of drug-likeness (QED) is 0.0743. The number of hydrogen-bond acceptors (Lipinski definition) is 25. The Morgan fingerprint density at radius 3 is 1.90 bits per heavy atom. The van der Waals surface area contributed by atoms with E-state index in [9.17, 15) is 75.0 Å². The lowest BCUT2D eigenvalue weighted by atomic mass is 9.86. The van der Waals surface area contributed by atoms with Gasteiger partial charge in [0.2, 0.25) is 53.4 Å². The van der Waals surface area contributed by atoms with Crippen LogP contribution in [-0.2, 0) is 52.6 Å². The van der Waals surface area contributed by atoms with Crippen LogP contribution < -0.4 is 62.9 Å². The number of halogens is 2. The number of carbonyl (C=O) groups is 8. The number of likely N-dealkylation sites (N-methyl/N-ethyl adjacent to an activating group) is 1. The first-order valence-corrected chi connectivity index (χ1v) is 32.4. The number of carboxylic acid groups (broad SMARTS) is 1. The number of aliphatic hydroxyl groups excluding tert-OH is 6. The Kier molecular flexibility index (Phi) is 22.2. The van der Waals surface area contributed by atoms with Gasteiger partial charge in [-0.1, -0.05) is 55.2 Å². The van der Waals surface area contributed by atoms with Crippen molar-refractivity contribution in [3.8, 4) is 57.1 Å². The van der Waals surface area contributed by atoms with Crippen molar-refractivity contribution in [3.05, 3.63) is 117 Å². The topological polar surface area (TPSA) is 530 Å². The van der Waals surface area contributed by atoms with Crippen molar-refractivity contribution in [1.82, 2.24) is 37.2 Å². The van der Waals surface area contributed by atoms with Crippen LogP contribution in [-0.4, -0.2) is 191 Å². The monoisotopic (exact) mass is 1450 g/mol. The van der Waals surface area contributed by atoms with Crippen molar-refractivity contribution < 1.29 is 118 Å². The molecular formula is C66H75Cl2N9O24. The fraction of sp³-hybridized carbons (Fsp3) is 0.424. The molecule has 3 unspecified atom stereocenters. The summed E-state index contributed by atoms with van der Waals surface area (Å²) in [6, 6.07) is -0.679. The van der Waals surface area contributed by atoms with Gasteiger partial charge >= 0.3 is 5.97 Å². The normalized spacial score (nSPS) is 29.4. The lowest BCUT2D eigenvalue weighted by Crippen LogP contribution is -2.64. The molecule has 18 atom stereocenters. The summed E-state index contributed by atoms with van der Waals surface area (Å²) in [5.74, 6) is -16.0. The summed E-state index contributed by atoms with van der Waals surface area (Å²) in [6.45, 7) is 5.66. The highest BCUT2D eigenvalue weighted by molar-refractivity contribution is 6.32. The maximum atomic E-state index is 16.0. The molecule has 2 fully saturated rings. The number of ether oxygens (including phenoxy) is 6. The zero-order valence-electron chi connectivity index (χ0n) is 54.3. The largest absolute Gasteiger partial charge is 0.508 e. The molecule has 0 saturated carbocycles. The number of phenolic OH excluding ortho intramolecular Hbond substituents is 3. The number of hydrogen-bond donors (Lipinski definition) is 19. The van der Waals surface area contributed by atoms with E-state index in [4.69, 9.17) is 63.1 Å². The lowest BCUT2D eigenvalue weighted by Gasteiger charge is -2.47. The number of amides is 7. The van der Waals surface area contributed by atoms with E-state index in [1.807, 2.05) is 13.8 Å². The molecule has 542 valence electrons. The predicted octanol–water partition coefficient (Wildman–Crippen LogP) is 0.106. The lowest BCUT2D eigenvalue weighted by molar-refractivity contribution is -0.333. The molecule has 0 aliphatic carbocycles. The minimum atomic E-state index is -2.35. The third-order valence-corrected chi connectivity index (χ3v) is 18.4. The van der Waals surface area contributed by atoms with E-state index in [1.165, 1.54) is 33.0 Å². The molecule has 101 heavy (non-hydrogen) atoms. The van der Waals surface area contributed by atoms with Crippen molar-refractivity contribution in [2.45, 2.75) is 156 Å². The van der Waals surface area contributed by atoms with Crippen LogP contribution in [0.3, 0.4) is 0 Å². The van der Waals surface area contributed by atoms with E-state index >= 15 is 14.4 Å². The molecule has 0 radical (unpaired) electrons. The SMILES string of the molecule is CN[C@H](CC(C)C)C(=O)N[C@@H]1C(=O)N[C@@H](CC(N)=O)C(=O)NC2C(=O)NC3C(=O)NC(C(=O)N[C@H](C(=O)O)c4cc(O)cc(O)c4-c4cc3ccc4O)[C@H](O)c3ccc(c(Cl)c3)Oc3cc2cc(c3O[C@@H]2O[C@H](CO)[C@@H](O)[C@H](O)[C@H]2O[C@H]2C[C@](C)(N)[C@H](O)[C@H](C)O2)Oc2ccc(cc2Cl)[C@H]1O. The Morgan fingerprint density at radius 1 is 0.713 bits per heavy atom. The second kappa shape index (κ2) is 30.2. The summed E-state index contributed by atoms with van der Waals surface area (Å²) in [5, 5.41) is 131. The Hall–Kier alpha value is -9.20. The highest BCUT2D eigenvalue weighted by atomic mass is 35.5. The highest BCUT2D eigenvalue weighted by Gasteiger charge is 2.51. The molecule has 7 aliphatic rings. The summed E-state index contributed by atoms with van der Waals surface area (Å²) < 4.78 is 38.3. The molecule has 0 spiro atoms. The van der Waals surface area contributed by atoms with Crippen LogP contribution in [0.2, 0.25) is 10.0 Å². The average Bonchev–Trinajstić information content (AvgIpc) is 0.775. The number of nitrogens with one attached hydrogen (secondary N) is 7. The number of carbonyl (C=O) groups excluding carboxylic acids is 7. The van der Waals surface area contributed by atoms with Crippen LogP contribution in [0.25, 0.3) is 11.1 Å². The van der Waals surface area contributed by atoms with E-state index in [0.29, 0.717) is 0 Å². The molecule has 11 bridgehead atoms. The van der Waals surface area contributed by atoms with Gasteiger partial charge < -0.3 is 128 Å². The number of phenols is 3. The summed E-state index contributed by atoms with van der Waals surface area (Å²) in [7, 11) is 1.47. The van der Waals surface area contributed by atoms with Gasteiger partial charge in [0.25, 0.3) is 0 Å². The number of rotatable bonds is 13. The fourth-order valence-electron chi connectivity index (χ4n) is 12.5. The third-order valence-electron chi connectivity index (χ3n) is 17.8. The van der Waals surface area contributed by atoms with Gasteiger partial charge in [-0.15, -0.1) is 0 Å². The number of aliphatic carboxylic acids is 1. The van der Waals surface area contributed by atoms with Crippen molar-refractivity contribution >= 4 is 70.5 Å². The predicted molar refractivity (Wildman–Crippen MR) is 349 cm³/mol.